The highest BCUT2D eigenvalue weighted by Crippen LogP contribution is 2.23. The Hall–Kier alpha value is -3.08. The molecule has 0 fully saturated rings. The summed E-state index contributed by atoms with van der Waals surface area (Å²) in [6, 6.07) is 12.5. The number of hydrogen-bond acceptors (Lipinski definition) is 4. The van der Waals surface area contributed by atoms with Gasteiger partial charge in [-0.3, -0.25) is 4.79 Å². The number of nitrogens with zero attached hydrogens (tertiary/aromatic N) is 1. The molecule has 0 radical (unpaired) electrons. The van der Waals surface area contributed by atoms with Crippen molar-refractivity contribution < 1.29 is 13.9 Å². The molecule has 1 N–H and O–H groups in total. The Morgan fingerprint density at radius 1 is 1.13 bits per heavy atom. The minimum Gasteiger partial charge on any atom is -0.459 e. The molecular formula is C18H16N2O3. The first kappa shape index (κ1) is 14.8. The van der Waals surface area contributed by atoms with Gasteiger partial charge in [0.2, 0.25) is 5.88 Å². The first-order valence-electron chi connectivity index (χ1n) is 7.18. The molecule has 0 saturated carbocycles. The van der Waals surface area contributed by atoms with Gasteiger partial charge >= 0.3 is 0 Å². The summed E-state index contributed by atoms with van der Waals surface area (Å²) >= 11 is 0. The molecule has 3 rings (SSSR count). The fourth-order valence-corrected chi connectivity index (χ4v) is 2.01. The third-order valence-corrected chi connectivity index (χ3v) is 3.44. The highest BCUT2D eigenvalue weighted by atomic mass is 16.5. The number of furan rings is 1. The molecule has 5 heteroatoms. The van der Waals surface area contributed by atoms with Crippen molar-refractivity contribution in [2.24, 2.45) is 0 Å². The smallest absolute Gasteiger partial charge is 0.291 e. The number of rotatable bonds is 4. The number of carbonyl (C=O) groups excluding carboxylic acids is 1. The van der Waals surface area contributed by atoms with Crippen LogP contribution >= 0.6 is 0 Å². The topological polar surface area (TPSA) is 64.4 Å². The van der Waals surface area contributed by atoms with Gasteiger partial charge in [0.15, 0.2) is 5.76 Å². The largest absolute Gasteiger partial charge is 0.459 e. The molecule has 0 aliphatic heterocycles. The van der Waals surface area contributed by atoms with E-state index in [0.29, 0.717) is 11.6 Å². The molecule has 116 valence electrons. The van der Waals surface area contributed by atoms with E-state index in [-0.39, 0.29) is 11.7 Å². The second kappa shape index (κ2) is 6.36. The summed E-state index contributed by atoms with van der Waals surface area (Å²) in [5, 5.41) is 2.70. The zero-order valence-electron chi connectivity index (χ0n) is 12.9. The number of benzene rings is 1. The number of amides is 1. The zero-order valence-corrected chi connectivity index (χ0v) is 12.9. The molecule has 3 aromatic rings. The van der Waals surface area contributed by atoms with Crippen LogP contribution in [0.15, 0.2) is 59.3 Å². The van der Waals surface area contributed by atoms with Crippen LogP contribution in [-0.4, -0.2) is 10.9 Å². The summed E-state index contributed by atoms with van der Waals surface area (Å²) in [6.07, 6.45) is 2.99. The van der Waals surface area contributed by atoms with Crippen molar-refractivity contribution >= 4 is 11.6 Å². The van der Waals surface area contributed by atoms with E-state index in [2.05, 4.69) is 10.3 Å². The van der Waals surface area contributed by atoms with Crippen molar-refractivity contribution in [1.29, 1.82) is 0 Å². The summed E-state index contributed by atoms with van der Waals surface area (Å²) < 4.78 is 10.7. The summed E-state index contributed by atoms with van der Waals surface area (Å²) in [4.78, 5) is 16.0. The molecule has 0 bridgehead atoms. The van der Waals surface area contributed by atoms with Crippen LogP contribution in [0.4, 0.5) is 5.69 Å². The maximum Gasteiger partial charge on any atom is 0.291 e. The van der Waals surface area contributed by atoms with Gasteiger partial charge in [-0.1, -0.05) is 6.07 Å². The number of aromatic nitrogens is 1. The lowest BCUT2D eigenvalue weighted by molar-refractivity contribution is 0.0996. The Balaban J connectivity index is 1.67. The van der Waals surface area contributed by atoms with Crippen molar-refractivity contribution in [2.75, 3.05) is 5.32 Å². The molecule has 1 amide bonds. The Labute approximate surface area is 133 Å². The Morgan fingerprint density at radius 3 is 2.65 bits per heavy atom. The van der Waals surface area contributed by atoms with Gasteiger partial charge in [0.05, 0.1) is 18.1 Å². The summed E-state index contributed by atoms with van der Waals surface area (Å²) in [5.74, 6) is 1.12. The lowest BCUT2D eigenvalue weighted by Gasteiger charge is -2.08. The first-order valence-corrected chi connectivity index (χ1v) is 7.18. The molecule has 0 spiro atoms. The molecule has 2 heterocycles. The molecule has 23 heavy (non-hydrogen) atoms. The van der Waals surface area contributed by atoms with Gasteiger partial charge in [0.25, 0.3) is 5.91 Å². The fourth-order valence-electron chi connectivity index (χ4n) is 2.01. The number of pyridine rings is 1. The third-order valence-electron chi connectivity index (χ3n) is 3.44. The van der Waals surface area contributed by atoms with E-state index >= 15 is 0 Å². The zero-order chi connectivity index (χ0) is 16.2. The van der Waals surface area contributed by atoms with Crippen LogP contribution in [0.3, 0.4) is 0 Å². The van der Waals surface area contributed by atoms with E-state index < -0.39 is 0 Å². The fraction of sp³-hybridized carbons (Fsp3) is 0.111. The van der Waals surface area contributed by atoms with Crippen LogP contribution in [0.5, 0.6) is 11.6 Å². The second-order valence-electron chi connectivity index (χ2n) is 5.16. The van der Waals surface area contributed by atoms with Gasteiger partial charge < -0.3 is 14.5 Å². The third kappa shape index (κ3) is 3.58. The predicted molar refractivity (Wildman–Crippen MR) is 86.9 cm³/mol. The number of aryl methyl sites for hydroxylation is 2. The minimum atomic E-state index is -0.320. The lowest BCUT2D eigenvalue weighted by Crippen LogP contribution is -2.10. The van der Waals surface area contributed by atoms with Crippen molar-refractivity contribution in [3.63, 3.8) is 0 Å². The standard InChI is InChI=1S/C18H16N2O3/c1-12-5-7-15(10-13(12)2)23-17-8-6-14(11-19-17)20-18(21)16-4-3-9-22-16/h3-11H,1-2H3,(H,20,21). The van der Waals surface area contributed by atoms with E-state index in [4.69, 9.17) is 9.15 Å². The van der Waals surface area contributed by atoms with Gasteiger partial charge in [0, 0.05) is 6.07 Å². The summed E-state index contributed by atoms with van der Waals surface area (Å²) in [5.41, 5.74) is 2.94. The maximum atomic E-state index is 11.9. The molecule has 0 saturated heterocycles. The van der Waals surface area contributed by atoms with E-state index in [0.717, 1.165) is 11.3 Å². The number of nitrogens with one attached hydrogen (secondary N) is 1. The molecule has 0 unspecified atom stereocenters. The molecule has 0 aliphatic rings. The van der Waals surface area contributed by atoms with Gasteiger partial charge in [-0.25, -0.2) is 4.98 Å². The SMILES string of the molecule is Cc1ccc(Oc2ccc(NC(=O)c3ccco3)cn2)cc1C. The minimum absolute atomic E-state index is 0.250. The number of carbonyl (C=O) groups is 1. The quantitative estimate of drug-likeness (QED) is 0.779. The molecule has 5 nitrogen and oxygen atoms in total. The number of hydrogen-bond donors (Lipinski definition) is 1. The Morgan fingerprint density at radius 2 is 2.00 bits per heavy atom. The number of anilines is 1. The van der Waals surface area contributed by atoms with Gasteiger partial charge in [-0.15, -0.1) is 0 Å². The average Bonchev–Trinajstić information content (AvgIpc) is 3.07. The van der Waals surface area contributed by atoms with Crippen LogP contribution in [0.1, 0.15) is 21.7 Å². The van der Waals surface area contributed by atoms with Crippen molar-refractivity contribution in [1.82, 2.24) is 4.98 Å². The van der Waals surface area contributed by atoms with Crippen LogP contribution in [0.2, 0.25) is 0 Å². The highest BCUT2D eigenvalue weighted by Gasteiger charge is 2.09. The molecule has 2 aromatic heterocycles. The lowest BCUT2D eigenvalue weighted by atomic mass is 10.1. The Bertz CT molecular complexity index is 809. The summed E-state index contributed by atoms with van der Waals surface area (Å²) in [6.45, 7) is 4.08. The van der Waals surface area contributed by atoms with E-state index in [1.54, 1.807) is 24.3 Å². The molecular weight excluding hydrogens is 292 g/mol. The van der Waals surface area contributed by atoms with E-state index in [1.807, 2.05) is 32.0 Å². The molecule has 0 atom stereocenters. The Kier molecular flexibility index (Phi) is 4.10. The number of ether oxygens (including phenoxy) is 1. The van der Waals surface area contributed by atoms with Crippen molar-refractivity contribution in [3.8, 4) is 11.6 Å². The van der Waals surface area contributed by atoms with Crippen molar-refractivity contribution in [2.45, 2.75) is 13.8 Å². The van der Waals surface area contributed by atoms with Crippen LogP contribution in [0.25, 0.3) is 0 Å². The molecule has 1 aromatic carbocycles. The van der Waals surface area contributed by atoms with Crippen LogP contribution in [0, 0.1) is 13.8 Å². The van der Waals surface area contributed by atoms with E-state index in [9.17, 15) is 4.79 Å². The maximum absolute atomic E-state index is 11.9. The highest BCUT2D eigenvalue weighted by molar-refractivity contribution is 6.02. The average molecular weight is 308 g/mol. The second-order valence-corrected chi connectivity index (χ2v) is 5.16. The van der Waals surface area contributed by atoms with Crippen LogP contribution < -0.4 is 10.1 Å². The van der Waals surface area contributed by atoms with Gasteiger partial charge in [-0.05, 0) is 55.3 Å². The predicted octanol–water partition coefficient (Wildman–Crippen LogP) is 4.34. The van der Waals surface area contributed by atoms with Crippen molar-refractivity contribution in [3.05, 3.63) is 71.8 Å². The van der Waals surface area contributed by atoms with Gasteiger partial charge in [0.1, 0.15) is 5.75 Å². The monoisotopic (exact) mass is 308 g/mol. The normalized spacial score (nSPS) is 10.3. The van der Waals surface area contributed by atoms with E-state index in [1.165, 1.54) is 18.0 Å². The van der Waals surface area contributed by atoms with Gasteiger partial charge in [-0.2, -0.15) is 0 Å². The summed E-state index contributed by atoms with van der Waals surface area (Å²) in [7, 11) is 0. The first-order chi connectivity index (χ1) is 11.1. The molecule has 0 aliphatic carbocycles. The van der Waals surface area contributed by atoms with Crippen LogP contribution in [-0.2, 0) is 0 Å².